The topological polar surface area (TPSA) is 69.7 Å². The summed E-state index contributed by atoms with van der Waals surface area (Å²) in [6, 6.07) is 2.85. The fourth-order valence-electron chi connectivity index (χ4n) is 2.83. The molecule has 1 aliphatic heterocycles. The van der Waals surface area contributed by atoms with Crippen molar-refractivity contribution in [2.24, 2.45) is 5.41 Å². The molecular formula is C16H17F2N3O3. The van der Waals surface area contributed by atoms with E-state index in [0.29, 0.717) is 45.1 Å². The number of nitrogens with one attached hydrogen (secondary N) is 1. The molecule has 6 nitrogen and oxygen atoms in total. The van der Waals surface area contributed by atoms with Crippen LogP contribution in [0.25, 0.3) is 0 Å². The zero-order chi connectivity index (χ0) is 17.3. The van der Waals surface area contributed by atoms with E-state index < -0.39 is 23.0 Å². The normalized spacial score (nSPS) is 18.9. The van der Waals surface area contributed by atoms with Crippen LogP contribution in [-0.4, -0.2) is 54.2 Å². The van der Waals surface area contributed by atoms with Crippen LogP contribution in [0.2, 0.25) is 0 Å². The SMILES string of the molecule is O=CN1CCN(C(=O)C2(C(=O)Nc3ccc(F)cc3F)CC2)CC1. The average molecular weight is 337 g/mol. The molecule has 2 aliphatic rings. The second-order valence-electron chi connectivity index (χ2n) is 6.09. The average Bonchev–Trinajstić information content (AvgIpc) is 3.38. The predicted octanol–water partition coefficient (Wildman–Crippen LogP) is 0.984. The molecule has 0 atom stereocenters. The van der Waals surface area contributed by atoms with Crippen LogP contribution in [0, 0.1) is 17.0 Å². The highest BCUT2D eigenvalue weighted by Crippen LogP contribution is 2.48. The Morgan fingerprint density at radius 1 is 1.12 bits per heavy atom. The second-order valence-corrected chi connectivity index (χ2v) is 6.09. The molecule has 2 fully saturated rings. The van der Waals surface area contributed by atoms with Gasteiger partial charge in [0.05, 0.1) is 5.69 Å². The summed E-state index contributed by atoms with van der Waals surface area (Å²) in [6.07, 6.45) is 1.53. The fraction of sp³-hybridized carbons (Fsp3) is 0.438. The number of nitrogens with zero attached hydrogens (tertiary/aromatic N) is 2. The minimum Gasteiger partial charge on any atom is -0.342 e. The van der Waals surface area contributed by atoms with Gasteiger partial charge in [0.25, 0.3) is 0 Å². The Morgan fingerprint density at radius 2 is 1.79 bits per heavy atom. The van der Waals surface area contributed by atoms with E-state index in [2.05, 4.69) is 5.32 Å². The highest BCUT2D eigenvalue weighted by atomic mass is 19.1. The summed E-state index contributed by atoms with van der Waals surface area (Å²) >= 11 is 0. The first-order valence-corrected chi connectivity index (χ1v) is 7.71. The largest absolute Gasteiger partial charge is 0.342 e. The van der Waals surface area contributed by atoms with E-state index in [1.165, 1.54) is 0 Å². The number of carbonyl (C=O) groups excluding carboxylic acids is 3. The molecule has 0 bridgehead atoms. The molecule has 0 aromatic heterocycles. The molecule has 1 aromatic carbocycles. The number of halogens is 2. The molecule has 8 heteroatoms. The summed E-state index contributed by atoms with van der Waals surface area (Å²) < 4.78 is 26.6. The molecule has 1 heterocycles. The number of benzene rings is 1. The van der Waals surface area contributed by atoms with Crippen molar-refractivity contribution in [2.75, 3.05) is 31.5 Å². The van der Waals surface area contributed by atoms with Crippen LogP contribution >= 0.6 is 0 Å². The first kappa shape index (κ1) is 16.4. The van der Waals surface area contributed by atoms with E-state index in [9.17, 15) is 23.2 Å². The molecule has 24 heavy (non-hydrogen) atoms. The quantitative estimate of drug-likeness (QED) is 0.658. The molecule has 1 saturated carbocycles. The van der Waals surface area contributed by atoms with Crippen LogP contribution < -0.4 is 5.32 Å². The van der Waals surface area contributed by atoms with Crippen molar-refractivity contribution in [1.82, 2.24) is 9.80 Å². The first-order chi connectivity index (χ1) is 11.5. The van der Waals surface area contributed by atoms with Gasteiger partial charge in [-0.2, -0.15) is 0 Å². The van der Waals surface area contributed by atoms with Crippen LogP contribution in [0.3, 0.4) is 0 Å². The van der Waals surface area contributed by atoms with Crippen molar-refractivity contribution in [1.29, 1.82) is 0 Å². The summed E-state index contributed by atoms with van der Waals surface area (Å²) in [7, 11) is 0. The van der Waals surface area contributed by atoms with E-state index in [1.807, 2.05) is 0 Å². The molecule has 1 aromatic rings. The van der Waals surface area contributed by atoms with E-state index in [-0.39, 0.29) is 11.6 Å². The number of anilines is 1. The fourth-order valence-corrected chi connectivity index (χ4v) is 2.83. The molecule has 3 rings (SSSR count). The van der Waals surface area contributed by atoms with Crippen LogP contribution in [0.4, 0.5) is 14.5 Å². The lowest BCUT2D eigenvalue weighted by molar-refractivity contribution is -0.144. The molecule has 1 aliphatic carbocycles. The van der Waals surface area contributed by atoms with Crippen molar-refractivity contribution in [3.63, 3.8) is 0 Å². The molecule has 1 N–H and O–H groups in total. The van der Waals surface area contributed by atoms with Gasteiger partial charge in [-0.15, -0.1) is 0 Å². The summed E-state index contributed by atoms with van der Waals surface area (Å²) in [5.74, 6) is -2.49. The lowest BCUT2D eigenvalue weighted by Crippen LogP contribution is -2.52. The maximum atomic E-state index is 13.7. The van der Waals surface area contributed by atoms with E-state index in [1.54, 1.807) is 9.80 Å². The number of amides is 3. The molecule has 0 spiro atoms. The highest BCUT2D eigenvalue weighted by molar-refractivity contribution is 6.13. The third-order valence-electron chi connectivity index (χ3n) is 4.52. The maximum absolute atomic E-state index is 13.7. The zero-order valence-electron chi connectivity index (χ0n) is 12.9. The van der Waals surface area contributed by atoms with Crippen molar-refractivity contribution in [3.8, 4) is 0 Å². The minimum atomic E-state index is -1.18. The molecule has 128 valence electrons. The predicted molar refractivity (Wildman–Crippen MR) is 80.9 cm³/mol. The van der Waals surface area contributed by atoms with Gasteiger partial charge in [-0.05, 0) is 25.0 Å². The Hall–Kier alpha value is -2.51. The summed E-state index contributed by atoms with van der Waals surface area (Å²) in [6.45, 7) is 1.61. The van der Waals surface area contributed by atoms with E-state index in [4.69, 9.17) is 0 Å². The number of piperazine rings is 1. The smallest absolute Gasteiger partial charge is 0.240 e. The van der Waals surface area contributed by atoms with Gasteiger partial charge in [0, 0.05) is 32.2 Å². The molecule has 3 amide bonds. The Balaban J connectivity index is 1.68. The van der Waals surface area contributed by atoms with Gasteiger partial charge < -0.3 is 15.1 Å². The number of hydrogen-bond acceptors (Lipinski definition) is 3. The Bertz CT molecular complexity index is 683. The third-order valence-corrected chi connectivity index (χ3v) is 4.52. The highest BCUT2D eigenvalue weighted by Gasteiger charge is 2.58. The standard InChI is InChI=1S/C16H17F2N3O3/c17-11-1-2-13(12(18)9-11)19-14(23)16(3-4-16)15(24)21-7-5-20(10-22)6-8-21/h1-2,9-10H,3-8H2,(H,19,23). The third kappa shape index (κ3) is 2.95. The van der Waals surface area contributed by atoms with E-state index in [0.717, 1.165) is 18.5 Å². The number of carbonyl (C=O) groups is 3. The number of rotatable bonds is 4. The van der Waals surface area contributed by atoms with Crippen LogP contribution in [0.1, 0.15) is 12.8 Å². The minimum absolute atomic E-state index is 0.147. The lowest BCUT2D eigenvalue weighted by atomic mass is 10.0. The van der Waals surface area contributed by atoms with Gasteiger partial charge in [0.1, 0.15) is 17.0 Å². The molecule has 0 unspecified atom stereocenters. The van der Waals surface area contributed by atoms with Gasteiger partial charge in [0.2, 0.25) is 18.2 Å². The Morgan fingerprint density at radius 3 is 2.33 bits per heavy atom. The zero-order valence-corrected chi connectivity index (χ0v) is 12.9. The van der Waals surface area contributed by atoms with Crippen LogP contribution in [-0.2, 0) is 14.4 Å². The van der Waals surface area contributed by atoms with Gasteiger partial charge >= 0.3 is 0 Å². The molecule has 1 saturated heterocycles. The maximum Gasteiger partial charge on any atom is 0.240 e. The van der Waals surface area contributed by atoms with Gasteiger partial charge in [0.15, 0.2) is 0 Å². The first-order valence-electron chi connectivity index (χ1n) is 7.71. The lowest BCUT2D eigenvalue weighted by Gasteiger charge is -2.34. The summed E-state index contributed by atoms with van der Waals surface area (Å²) in [5.41, 5.74) is -1.32. The molecular weight excluding hydrogens is 320 g/mol. The Kier molecular flexibility index (Phi) is 4.21. The van der Waals surface area contributed by atoms with Gasteiger partial charge in [-0.1, -0.05) is 0 Å². The summed E-state index contributed by atoms with van der Waals surface area (Å²) in [4.78, 5) is 38.9. The second kappa shape index (κ2) is 6.18. The number of hydrogen-bond donors (Lipinski definition) is 1. The van der Waals surface area contributed by atoms with Crippen molar-refractivity contribution in [3.05, 3.63) is 29.8 Å². The van der Waals surface area contributed by atoms with E-state index >= 15 is 0 Å². The molecule has 0 radical (unpaired) electrons. The van der Waals surface area contributed by atoms with Gasteiger partial charge in [-0.25, -0.2) is 8.78 Å². The summed E-state index contributed by atoms with van der Waals surface area (Å²) in [5, 5.41) is 2.39. The van der Waals surface area contributed by atoms with Crippen molar-refractivity contribution >= 4 is 23.9 Å². The van der Waals surface area contributed by atoms with Gasteiger partial charge in [-0.3, -0.25) is 14.4 Å². The van der Waals surface area contributed by atoms with Crippen LogP contribution in [0.15, 0.2) is 18.2 Å². The van der Waals surface area contributed by atoms with Crippen LogP contribution in [0.5, 0.6) is 0 Å². The monoisotopic (exact) mass is 337 g/mol. The Labute approximate surface area is 137 Å². The van der Waals surface area contributed by atoms with Crippen molar-refractivity contribution < 1.29 is 23.2 Å². The van der Waals surface area contributed by atoms with Crippen molar-refractivity contribution in [2.45, 2.75) is 12.8 Å².